The van der Waals surface area contributed by atoms with Gasteiger partial charge in [-0.3, -0.25) is 4.79 Å². The number of aromatic amines is 1. The van der Waals surface area contributed by atoms with Crippen LogP contribution in [-0.4, -0.2) is 31.0 Å². The Morgan fingerprint density at radius 1 is 1.41 bits per heavy atom. The van der Waals surface area contributed by atoms with E-state index in [0.717, 1.165) is 28.7 Å². The molecule has 2 heterocycles. The van der Waals surface area contributed by atoms with Crippen LogP contribution in [0.5, 0.6) is 5.75 Å². The van der Waals surface area contributed by atoms with Crippen molar-refractivity contribution >= 4 is 16.7 Å². The number of aromatic nitrogens is 5. The highest BCUT2D eigenvalue weighted by molar-refractivity contribution is 6.08. The highest BCUT2D eigenvalue weighted by Crippen LogP contribution is 2.30. The van der Waals surface area contributed by atoms with E-state index >= 15 is 0 Å². The second-order valence-corrected chi connectivity index (χ2v) is 5.06. The lowest BCUT2D eigenvalue weighted by molar-refractivity contribution is 0.101. The maximum Gasteiger partial charge on any atom is 0.211 e. The van der Waals surface area contributed by atoms with Crippen molar-refractivity contribution in [2.75, 3.05) is 0 Å². The molecule has 22 heavy (non-hydrogen) atoms. The van der Waals surface area contributed by atoms with Crippen LogP contribution in [0.4, 0.5) is 0 Å². The molecule has 1 N–H and O–H groups in total. The molecule has 0 fully saturated rings. The number of nitrogens with zero attached hydrogens (tertiary/aromatic N) is 4. The van der Waals surface area contributed by atoms with Crippen LogP contribution in [0.15, 0.2) is 18.2 Å². The van der Waals surface area contributed by atoms with Crippen molar-refractivity contribution in [2.24, 2.45) is 0 Å². The highest BCUT2D eigenvalue weighted by Gasteiger charge is 2.17. The summed E-state index contributed by atoms with van der Waals surface area (Å²) in [5.41, 5.74) is 2.78. The molecular weight excluding hydrogens is 282 g/mol. The lowest BCUT2D eigenvalue weighted by atomic mass is 10.1. The average molecular weight is 299 g/mol. The minimum absolute atomic E-state index is 0.0602. The summed E-state index contributed by atoms with van der Waals surface area (Å²) in [7, 11) is 0. The number of aryl methyl sites for hydroxylation is 1. The standard InChI is InChI=1S/C15H17N5O2/c1-4-20-9(2)15(10(3)21)12-7-11(5-6-13(12)20)22-8-14-16-18-19-17-14/h5-7H,4,8H2,1-3H3,(H,16,17,18,19). The first-order valence-electron chi connectivity index (χ1n) is 7.10. The summed E-state index contributed by atoms with van der Waals surface area (Å²) in [6.45, 7) is 6.68. The van der Waals surface area contributed by atoms with Gasteiger partial charge in [0.15, 0.2) is 12.4 Å². The third-order valence-corrected chi connectivity index (χ3v) is 3.72. The van der Waals surface area contributed by atoms with Gasteiger partial charge in [0.05, 0.1) is 0 Å². The molecule has 3 rings (SSSR count). The molecule has 0 radical (unpaired) electrons. The smallest absolute Gasteiger partial charge is 0.211 e. The van der Waals surface area contributed by atoms with Gasteiger partial charge in [-0.1, -0.05) is 5.21 Å². The predicted octanol–water partition coefficient (Wildman–Crippen LogP) is 2.26. The molecule has 2 aromatic heterocycles. The SMILES string of the molecule is CCn1c(C)c(C(C)=O)c2cc(OCc3nn[nH]n3)ccc21. The van der Waals surface area contributed by atoms with Crippen molar-refractivity contribution in [3.05, 3.63) is 35.3 Å². The molecular formula is C15H17N5O2. The van der Waals surface area contributed by atoms with Crippen LogP contribution in [0.2, 0.25) is 0 Å². The molecule has 0 aliphatic rings. The Morgan fingerprint density at radius 3 is 2.86 bits per heavy atom. The molecule has 3 aromatic rings. The topological polar surface area (TPSA) is 85.7 Å². The van der Waals surface area contributed by atoms with Crippen LogP contribution in [0.3, 0.4) is 0 Å². The van der Waals surface area contributed by atoms with Crippen LogP contribution in [-0.2, 0) is 13.2 Å². The van der Waals surface area contributed by atoms with Gasteiger partial charge in [0.2, 0.25) is 5.82 Å². The van der Waals surface area contributed by atoms with Crippen LogP contribution in [0.1, 0.15) is 35.7 Å². The van der Waals surface area contributed by atoms with Crippen molar-refractivity contribution < 1.29 is 9.53 Å². The number of benzene rings is 1. The Hall–Kier alpha value is -2.70. The number of fused-ring (bicyclic) bond motifs is 1. The van der Waals surface area contributed by atoms with E-state index in [1.54, 1.807) is 6.92 Å². The zero-order valence-corrected chi connectivity index (χ0v) is 12.8. The zero-order chi connectivity index (χ0) is 15.7. The maximum atomic E-state index is 12.0. The van der Waals surface area contributed by atoms with Gasteiger partial charge in [-0.15, -0.1) is 10.2 Å². The summed E-state index contributed by atoms with van der Waals surface area (Å²) >= 11 is 0. The molecule has 7 nitrogen and oxygen atoms in total. The van der Waals surface area contributed by atoms with Gasteiger partial charge in [0, 0.05) is 28.7 Å². The van der Waals surface area contributed by atoms with Crippen molar-refractivity contribution in [1.29, 1.82) is 0 Å². The van der Waals surface area contributed by atoms with E-state index in [1.807, 2.05) is 25.1 Å². The van der Waals surface area contributed by atoms with E-state index in [4.69, 9.17) is 4.74 Å². The zero-order valence-electron chi connectivity index (χ0n) is 12.8. The third-order valence-electron chi connectivity index (χ3n) is 3.72. The highest BCUT2D eigenvalue weighted by atomic mass is 16.5. The number of carbonyl (C=O) groups is 1. The number of carbonyl (C=O) groups excluding carboxylic acids is 1. The minimum atomic E-state index is 0.0602. The summed E-state index contributed by atoms with van der Waals surface area (Å²) in [6.07, 6.45) is 0. The fourth-order valence-electron chi connectivity index (χ4n) is 2.79. The monoisotopic (exact) mass is 299 g/mol. The Labute approximate surface area is 127 Å². The van der Waals surface area contributed by atoms with Gasteiger partial charge in [-0.2, -0.15) is 5.21 Å². The van der Waals surface area contributed by atoms with Crippen molar-refractivity contribution in [3.63, 3.8) is 0 Å². The molecule has 0 bridgehead atoms. The largest absolute Gasteiger partial charge is 0.485 e. The summed E-state index contributed by atoms with van der Waals surface area (Å²) in [5, 5.41) is 14.5. The summed E-state index contributed by atoms with van der Waals surface area (Å²) < 4.78 is 7.80. The van der Waals surface area contributed by atoms with Crippen molar-refractivity contribution in [3.8, 4) is 5.75 Å². The molecule has 0 saturated carbocycles. The molecule has 7 heteroatoms. The molecule has 0 aliphatic carbocycles. The van der Waals surface area contributed by atoms with E-state index in [-0.39, 0.29) is 12.4 Å². The Kier molecular flexibility index (Phi) is 3.62. The number of hydrogen-bond donors (Lipinski definition) is 1. The average Bonchev–Trinajstić information content (AvgIpc) is 3.09. The quantitative estimate of drug-likeness (QED) is 0.730. The Morgan fingerprint density at radius 2 is 2.23 bits per heavy atom. The van der Waals surface area contributed by atoms with Gasteiger partial charge in [0.25, 0.3) is 0 Å². The first kappa shape index (κ1) is 14.2. The number of nitrogens with one attached hydrogen (secondary N) is 1. The number of hydrogen-bond acceptors (Lipinski definition) is 5. The van der Waals surface area contributed by atoms with Crippen LogP contribution in [0, 0.1) is 6.92 Å². The van der Waals surface area contributed by atoms with Gasteiger partial charge >= 0.3 is 0 Å². The molecule has 0 atom stereocenters. The lowest BCUT2D eigenvalue weighted by Gasteiger charge is -2.05. The fraction of sp³-hybridized carbons (Fsp3) is 0.333. The van der Waals surface area contributed by atoms with E-state index < -0.39 is 0 Å². The van der Waals surface area contributed by atoms with Crippen molar-refractivity contribution in [2.45, 2.75) is 33.9 Å². The number of H-pyrrole nitrogens is 1. The molecule has 0 aliphatic heterocycles. The van der Waals surface area contributed by atoms with Crippen LogP contribution >= 0.6 is 0 Å². The molecule has 0 saturated heterocycles. The van der Waals surface area contributed by atoms with E-state index in [2.05, 4.69) is 32.1 Å². The Balaban J connectivity index is 2.01. The van der Waals surface area contributed by atoms with Gasteiger partial charge in [-0.05, 0) is 39.0 Å². The molecule has 0 amide bonds. The lowest BCUT2D eigenvalue weighted by Crippen LogP contribution is -1.99. The van der Waals surface area contributed by atoms with E-state index in [1.165, 1.54) is 0 Å². The number of rotatable bonds is 5. The Bertz CT molecular complexity index is 820. The number of ketones is 1. The summed E-state index contributed by atoms with van der Waals surface area (Å²) in [5.74, 6) is 1.22. The first-order valence-corrected chi connectivity index (χ1v) is 7.10. The number of Topliss-reactive ketones (excluding diaryl/α,β-unsaturated/α-hetero) is 1. The second-order valence-electron chi connectivity index (χ2n) is 5.06. The maximum absolute atomic E-state index is 12.0. The summed E-state index contributed by atoms with van der Waals surface area (Å²) in [4.78, 5) is 12.0. The van der Waals surface area contributed by atoms with E-state index in [9.17, 15) is 4.79 Å². The van der Waals surface area contributed by atoms with E-state index in [0.29, 0.717) is 11.6 Å². The molecule has 0 spiro atoms. The minimum Gasteiger partial charge on any atom is -0.485 e. The number of tetrazole rings is 1. The van der Waals surface area contributed by atoms with Gasteiger partial charge in [-0.25, -0.2) is 0 Å². The molecule has 114 valence electrons. The normalized spacial score (nSPS) is 11.0. The van der Waals surface area contributed by atoms with Gasteiger partial charge < -0.3 is 9.30 Å². The predicted molar refractivity (Wildman–Crippen MR) is 80.9 cm³/mol. The molecule has 1 aromatic carbocycles. The van der Waals surface area contributed by atoms with Crippen LogP contribution < -0.4 is 4.74 Å². The van der Waals surface area contributed by atoms with Gasteiger partial charge in [0.1, 0.15) is 5.75 Å². The first-order chi connectivity index (χ1) is 10.6. The molecule has 0 unspecified atom stereocenters. The third kappa shape index (κ3) is 2.34. The number of ether oxygens (including phenoxy) is 1. The summed E-state index contributed by atoms with van der Waals surface area (Å²) in [6, 6.07) is 5.76. The van der Waals surface area contributed by atoms with Crippen LogP contribution in [0.25, 0.3) is 10.9 Å². The van der Waals surface area contributed by atoms with Crippen molar-refractivity contribution in [1.82, 2.24) is 25.2 Å². The fourth-order valence-corrected chi connectivity index (χ4v) is 2.79. The second kappa shape index (κ2) is 5.59.